The number of pyridine rings is 1. The van der Waals surface area contributed by atoms with Gasteiger partial charge in [0.2, 0.25) is 0 Å². The van der Waals surface area contributed by atoms with E-state index in [1.54, 1.807) is 0 Å². The molecule has 3 aromatic rings. The highest BCUT2D eigenvalue weighted by Crippen LogP contribution is 2.25. The second kappa shape index (κ2) is 11.0. The maximum atomic E-state index is 14.9. The summed E-state index contributed by atoms with van der Waals surface area (Å²) in [7, 11) is 0. The zero-order chi connectivity index (χ0) is 27.5. The Labute approximate surface area is 213 Å². The predicted molar refractivity (Wildman–Crippen MR) is 125 cm³/mol. The summed E-state index contributed by atoms with van der Waals surface area (Å²) in [6, 6.07) is 5.85. The van der Waals surface area contributed by atoms with Crippen LogP contribution in [0.15, 0.2) is 47.4 Å². The van der Waals surface area contributed by atoms with Crippen molar-refractivity contribution < 1.29 is 36.6 Å². The first kappa shape index (κ1) is 27.7. The van der Waals surface area contributed by atoms with Gasteiger partial charge in [0.05, 0.1) is 0 Å². The van der Waals surface area contributed by atoms with E-state index in [2.05, 4.69) is 5.32 Å². The number of benzene rings is 2. The van der Waals surface area contributed by atoms with Crippen LogP contribution in [0.1, 0.15) is 31.9 Å². The molecular formula is C25H21ClF4N2O5. The van der Waals surface area contributed by atoms with Crippen molar-refractivity contribution in [1.82, 2.24) is 9.88 Å². The van der Waals surface area contributed by atoms with Gasteiger partial charge in [-0.2, -0.15) is 0 Å². The van der Waals surface area contributed by atoms with E-state index in [1.165, 1.54) is 13.8 Å². The topological polar surface area (TPSA) is 86.6 Å². The van der Waals surface area contributed by atoms with Crippen LogP contribution in [0.5, 0.6) is 5.75 Å². The lowest BCUT2D eigenvalue weighted by atomic mass is 10.1. The molecule has 3 rings (SSSR count). The highest BCUT2D eigenvalue weighted by Gasteiger charge is 2.30. The average Bonchev–Trinajstić information content (AvgIpc) is 2.79. The van der Waals surface area contributed by atoms with Crippen LogP contribution in [0.3, 0.4) is 0 Å². The molecule has 0 aliphatic heterocycles. The van der Waals surface area contributed by atoms with Gasteiger partial charge in [-0.15, -0.1) is 0 Å². The molecule has 0 radical (unpaired) electrons. The molecule has 0 unspecified atom stereocenters. The van der Waals surface area contributed by atoms with Crippen LogP contribution in [-0.2, 0) is 27.5 Å². The van der Waals surface area contributed by atoms with Crippen molar-refractivity contribution in [3.8, 4) is 11.4 Å². The lowest BCUT2D eigenvalue weighted by Crippen LogP contribution is -2.44. The van der Waals surface area contributed by atoms with Gasteiger partial charge >= 0.3 is 5.97 Å². The standard InChI is InChI=1S/C25H21ClF4N2O5/c1-13(33)37-25(2,3)24(35)31-11-14-8-18(29)22(19(30)9-14)32-7-6-20(21(26)23(32)34)36-12-15-4-5-16(27)10-17(15)28/h4-10H,11-12H2,1-3H3,(H,31,35). The highest BCUT2D eigenvalue weighted by atomic mass is 35.5. The number of nitrogens with one attached hydrogen (secondary N) is 1. The van der Waals surface area contributed by atoms with Crippen LogP contribution in [0.2, 0.25) is 5.02 Å². The number of hydrogen-bond acceptors (Lipinski definition) is 5. The van der Waals surface area contributed by atoms with Crippen molar-refractivity contribution in [2.75, 3.05) is 0 Å². The summed E-state index contributed by atoms with van der Waals surface area (Å²) < 4.78 is 67.4. The van der Waals surface area contributed by atoms with Crippen LogP contribution >= 0.6 is 11.6 Å². The monoisotopic (exact) mass is 540 g/mol. The molecule has 1 N–H and O–H groups in total. The summed E-state index contributed by atoms with van der Waals surface area (Å²) in [6.45, 7) is 3.17. The third kappa shape index (κ3) is 6.48. The highest BCUT2D eigenvalue weighted by molar-refractivity contribution is 6.31. The van der Waals surface area contributed by atoms with E-state index >= 15 is 0 Å². The van der Waals surface area contributed by atoms with Gasteiger partial charge in [0.15, 0.2) is 17.2 Å². The molecule has 12 heteroatoms. The molecule has 1 aromatic heterocycles. The molecule has 2 aromatic carbocycles. The molecule has 37 heavy (non-hydrogen) atoms. The summed E-state index contributed by atoms with van der Waals surface area (Å²) in [4.78, 5) is 36.1. The molecule has 196 valence electrons. The quantitative estimate of drug-likeness (QED) is 0.334. The Balaban J connectivity index is 1.80. The zero-order valence-electron chi connectivity index (χ0n) is 19.8. The first-order valence-electron chi connectivity index (χ1n) is 10.7. The van der Waals surface area contributed by atoms with Crippen LogP contribution < -0.4 is 15.6 Å². The maximum absolute atomic E-state index is 14.9. The molecule has 7 nitrogen and oxygen atoms in total. The van der Waals surface area contributed by atoms with E-state index in [4.69, 9.17) is 21.1 Å². The number of ether oxygens (including phenoxy) is 2. The van der Waals surface area contributed by atoms with E-state index in [0.717, 1.165) is 43.5 Å². The second-order valence-electron chi connectivity index (χ2n) is 8.39. The van der Waals surface area contributed by atoms with Gasteiger partial charge in [-0.1, -0.05) is 11.6 Å². The molecular weight excluding hydrogens is 520 g/mol. The molecule has 0 fully saturated rings. The summed E-state index contributed by atoms with van der Waals surface area (Å²) >= 11 is 6.04. The molecule has 0 atom stereocenters. The van der Waals surface area contributed by atoms with Crippen molar-refractivity contribution in [2.45, 2.75) is 39.5 Å². The van der Waals surface area contributed by atoms with Gasteiger partial charge in [0.1, 0.15) is 34.7 Å². The minimum Gasteiger partial charge on any atom is -0.487 e. The Morgan fingerprint density at radius 2 is 1.68 bits per heavy atom. The average molecular weight is 541 g/mol. The molecule has 0 bridgehead atoms. The van der Waals surface area contributed by atoms with E-state index in [0.29, 0.717) is 10.6 Å². The molecule has 1 heterocycles. The van der Waals surface area contributed by atoms with Gasteiger partial charge in [-0.05, 0) is 49.7 Å². The molecule has 1 amide bonds. The van der Waals surface area contributed by atoms with E-state index in [9.17, 15) is 31.9 Å². The number of carbonyl (C=O) groups excluding carboxylic acids is 2. The second-order valence-corrected chi connectivity index (χ2v) is 8.77. The van der Waals surface area contributed by atoms with Crippen molar-refractivity contribution in [3.05, 3.63) is 92.4 Å². The Hall–Kier alpha value is -3.86. The molecule has 0 aliphatic carbocycles. The Bertz CT molecular complexity index is 1400. The van der Waals surface area contributed by atoms with Crippen LogP contribution in [-0.4, -0.2) is 22.0 Å². The van der Waals surface area contributed by atoms with Crippen LogP contribution in [0, 0.1) is 23.3 Å². The number of rotatable bonds is 8. The van der Waals surface area contributed by atoms with Crippen molar-refractivity contribution in [2.24, 2.45) is 0 Å². The third-order valence-electron chi connectivity index (χ3n) is 5.11. The fourth-order valence-electron chi connectivity index (χ4n) is 3.33. The lowest BCUT2D eigenvalue weighted by Gasteiger charge is -2.23. The van der Waals surface area contributed by atoms with Crippen LogP contribution in [0.4, 0.5) is 17.6 Å². The molecule has 0 saturated carbocycles. The zero-order valence-corrected chi connectivity index (χ0v) is 20.6. The number of esters is 1. The van der Waals surface area contributed by atoms with Gasteiger partial charge in [-0.25, -0.2) is 17.6 Å². The van der Waals surface area contributed by atoms with E-state index in [-0.39, 0.29) is 30.0 Å². The Morgan fingerprint density at radius 3 is 2.27 bits per heavy atom. The van der Waals surface area contributed by atoms with Gasteiger partial charge in [0, 0.05) is 31.3 Å². The first-order chi connectivity index (χ1) is 17.3. The summed E-state index contributed by atoms with van der Waals surface area (Å²) in [6.07, 6.45) is 1.02. The van der Waals surface area contributed by atoms with Gasteiger partial charge in [-0.3, -0.25) is 19.0 Å². The molecule has 0 aliphatic rings. The number of hydrogen-bond donors (Lipinski definition) is 1. The minimum atomic E-state index is -1.50. The molecule has 0 spiro atoms. The summed E-state index contributed by atoms with van der Waals surface area (Å²) in [5.41, 5.74) is -3.21. The van der Waals surface area contributed by atoms with Crippen molar-refractivity contribution >= 4 is 23.5 Å². The normalized spacial score (nSPS) is 11.2. The SMILES string of the molecule is CC(=O)OC(C)(C)C(=O)NCc1cc(F)c(-n2ccc(OCc3ccc(F)cc3F)c(Cl)c2=O)c(F)c1. The maximum Gasteiger partial charge on any atom is 0.303 e. The first-order valence-corrected chi connectivity index (χ1v) is 11.1. The summed E-state index contributed by atoms with van der Waals surface area (Å²) in [5.74, 6) is -5.42. The van der Waals surface area contributed by atoms with Gasteiger partial charge in [0.25, 0.3) is 11.5 Å². The lowest BCUT2D eigenvalue weighted by molar-refractivity contribution is -0.163. The van der Waals surface area contributed by atoms with Crippen molar-refractivity contribution in [1.29, 1.82) is 0 Å². The predicted octanol–water partition coefficient (Wildman–Crippen LogP) is 4.58. The smallest absolute Gasteiger partial charge is 0.303 e. The fraction of sp³-hybridized carbons (Fsp3) is 0.240. The Morgan fingerprint density at radius 1 is 1.03 bits per heavy atom. The fourth-order valence-corrected chi connectivity index (χ4v) is 3.54. The minimum absolute atomic E-state index is 0.00217. The van der Waals surface area contributed by atoms with E-state index < -0.39 is 57.0 Å². The number of nitrogens with zero attached hydrogens (tertiary/aromatic N) is 1. The number of halogens is 5. The number of amides is 1. The largest absolute Gasteiger partial charge is 0.487 e. The molecule has 0 saturated heterocycles. The van der Waals surface area contributed by atoms with Crippen LogP contribution in [0.25, 0.3) is 5.69 Å². The van der Waals surface area contributed by atoms with Crippen molar-refractivity contribution in [3.63, 3.8) is 0 Å². The summed E-state index contributed by atoms with van der Waals surface area (Å²) in [5, 5.41) is 1.90. The third-order valence-corrected chi connectivity index (χ3v) is 5.46. The Kier molecular flexibility index (Phi) is 8.27. The number of aromatic nitrogens is 1. The van der Waals surface area contributed by atoms with Gasteiger partial charge < -0.3 is 14.8 Å². The number of carbonyl (C=O) groups is 2. The van der Waals surface area contributed by atoms with E-state index in [1.807, 2.05) is 0 Å².